The topological polar surface area (TPSA) is 85.7 Å². The van der Waals surface area contributed by atoms with Crippen LogP contribution >= 0.6 is 0 Å². The van der Waals surface area contributed by atoms with Crippen LogP contribution in [0.4, 0.5) is 5.82 Å². The van der Waals surface area contributed by atoms with E-state index in [1.54, 1.807) is 31.3 Å². The van der Waals surface area contributed by atoms with E-state index in [1.807, 2.05) is 35.0 Å². The van der Waals surface area contributed by atoms with E-state index in [0.29, 0.717) is 36.8 Å². The molecule has 8 nitrogen and oxygen atoms in total. The van der Waals surface area contributed by atoms with Crippen molar-refractivity contribution in [1.29, 1.82) is 0 Å². The molecular formula is C35H40N4O4. The van der Waals surface area contributed by atoms with E-state index >= 15 is 0 Å². The number of benzene rings is 2. The lowest BCUT2D eigenvalue weighted by molar-refractivity contribution is -0.130. The Bertz CT molecular complexity index is 1570. The average molecular weight is 581 g/mol. The van der Waals surface area contributed by atoms with Crippen molar-refractivity contribution in [3.63, 3.8) is 0 Å². The van der Waals surface area contributed by atoms with E-state index < -0.39 is 5.41 Å². The minimum absolute atomic E-state index is 0.000108. The summed E-state index contributed by atoms with van der Waals surface area (Å²) in [6.07, 6.45) is 12.2. The summed E-state index contributed by atoms with van der Waals surface area (Å²) >= 11 is 0. The summed E-state index contributed by atoms with van der Waals surface area (Å²) in [6, 6.07) is 15.8. The third kappa shape index (κ3) is 6.14. The molecule has 1 aliphatic carbocycles. The molecule has 3 atom stereocenters. The van der Waals surface area contributed by atoms with Crippen LogP contribution in [0, 0.1) is 11.3 Å². The summed E-state index contributed by atoms with van der Waals surface area (Å²) in [6.45, 7) is 8.66. The Morgan fingerprint density at radius 2 is 2.02 bits per heavy atom. The lowest BCUT2D eigenvalue weighted by Crippen LogP contribution is -2.33. The van der Waals surface area contributed by atoms with Crippen molar-refractivity contribution in [1.82, 2.24) is 14.7 Å². The number of anilines is 1. The highest BCUT2D eigenvalue weighted by molar-refractivity contribution is 6.05. The highest BCUT2D eigenvalue weighted by Gasteiger charge is 2.69. The molecule has 0 spiro atoms. The summed E-state index contributed by atoms with van der Waals surface area (Å²) in [5, 5.41) is 7.90. The van der Waals surface area contributed by atoms with Crippen LogP contribution < -0.4 is 14.8 Å². The molecule has 1 N–H and O–H groups in total. The Labute approximate surface area is 253 Å². The number of nitrogens with one attached hydrogen (secondary N) is 1. The van der Waals surface area contributed by atoms with Gasteiger partial charge >= 0.3 is 0 Å². The van der Waals surface area contributed by atoms with Crippen LogP contribution in [0.2, 0.25) is 0 Å². The van der Waals surface area contributed by atoms with Gasteiger partial charge in [0, 0.05) is 36.3 Å². The van der Waals surface area contributed by atoms with Gasteiger partial charge in [0.25, 0.3) is 0 Å². The fourth-order valence-electron chi connectivity index (χ4n) is 5.87. The highest BCUT2D eigenvalue weighted by Crippen LogP contribution is 2.59. The molecule has 2 fully saturated rings. The maximum atomic E-state index is 13.7. The van der Waals surface area contributed by atoms with Crippen molar-refractivity contribution in [2.45, 2.75) is 45.7 Å². The normalized spacial score (nSPS) is 20.0. The lowest BCUT2D eigenvalue weighted by atomic mass is 10.0. The Hall–Kier alpha value is -4.59. The van der Waals surface area contributed by atoms with E-state index in [0.717, 1.165) is 29.7 Å². The Morgan fingerprint density at radius 1 is 1.19 bits per heavy atom. The van der Waals surface area contributed by atoms with Crippen molar-refractivity contribution in [2.75, 3.05) is 26.1 Å². The van der Waals surface area contributed by atoms with Gasteiger partial charge in [-0.3, -0.25) is 14.3 Å². The first-order valence-electron chi connectivity index (χ1n) is 14.8. The number of carbonyl (C=O) groups excluding carboxylic acids is 2. The van der Waals surface area contributed by atoms with Crippen molar-refractivity contribution in [3.8, 4) is 22.8 Å². The molecule has 224 valence electrons. The van der Waals surface area contributed by atoms with Crippen LogP contribution in [0.1, 0.15) is 43.9 Å². The molecule has 1 saturated heterocycles. The van der Waals surface area contributed by atoms with Gasteiger partial charge in [0.1, 0.15) is 11.5 Å². The van der Waals surface area contributed by atoms with Crippen molar-refractivity contribution < 1.29 is 19.1 Å². The fourth-order valence-corrected chi connectivity index (χ4v) is 5.87. The maximum Gasteiger partial charge on any atom is 0.234 e. The monoisotopic (exact) mass is 580 g/mol. The second-order valence-corrected chi connectivity index (χ2v) is 11.2. The zero-order valence-corrected chi connectivity index (χ0v) is 25.4. The molecule has 3 unspecified atom stereocenters. The SMILES string of the molecule is C=C/C=C\C/C=C\C(C)n1nc(NC(=O)C23CC2C(=O)N(Cc2ccc(OC)cc2OC)C3)cc1-c1cccc(CC)c1. The lowest BCUT2D eigenvalue weighted by Gasteiger charge is -2.22. The predicted molar refractivity (Wildman–Crippen MR) is 169 cm³/mol. The van der Waals surface area contributed by atoms with E-state index in [1.165, 1.54) is 5.56 Å². The Morgan fingerprint density at radius 3 is 2.77 bits per heavy atom. The Kier molecular flexibility index (Phi) is 8.85. The summed E-state index contributed by atoms with van der Waals surface area (Å²) in [7, 11) is 3.20. The van der Waals surface area contributed by atoms with E-state index in [2.05, 4.69) is 62.2 Å². The van der Waals surface area contributed by atoms with Gasteiger partial charge in [-0.15, -0.1) is 0 Å². The molecule has 1 aliphatic heterocycles. The molecule has 2 heterocycles. The molecule has 0 radical (unpaired) electrons. The zero-order valence-electron chi connectivity index (χ0n) is 25.4. The molecule has 8 heteroatoms. The van der Waals surface area contributed by atoms with Crippen LogP contribution in [0.15, 0.2) is 85.5 Å². The quantitative estimate of drug-likeness (QED) is 0.188. The largest absolute Gasteiger partial charge is 0.497 e. The maximum absolute atomic E-state index is 13.7. The first-order valence-corrected chi connectivity index (χ1v) is 14.8. The van der Waals surface area contributed by atoms with Crippen LogP contribution in [0.5, 0.6) is 11.5 Å². The highest BCUT2D eigenvalue weighted by atomic mass is 16.5. The number of carbonyl (C=O) groups is 2. The smallest absolute Gasteiger partial charge is 0.234 e. The van der Waals surface area contributed by atoms with Gasteiger partial charge in [-0.05, 0) is 49.9 Å². The number of amides is 2. The first kappa shape index (κ1) is 29.9. The number of aryl methyl sites for hydroxylation is 1. The zero-order chi connectivity index (χ0) is 30.6. The summed E-state index contributed by atoms with van der Waals surface area (Å²) in [5.74, 6) is 1.34. The molecule has 5 rings (SSSR count). The molecule has 2 amide bonds. The van der Waals surface area contributed by atoms with Gasteiger partial charge in [-0.25, -0.2) is 0 Å². The molecule has 1 saturated carbocycles. The number of fused-ring (bicyclic) bond motifs is 1. The minimum atomic E-state index is -0.744. The van der Waals surface area contributed by atoms with E-state index in [-0.39, 0.29) is 23.8 Å². The third-order valence-corrected chi connectivity index (χ3v) is 8.42. The number of methoxy groups -OCH3 is 2. The van der Waals surface area contributed by atoms with Gasteiger partial charge < -0.3 is 19.7 Å². The molecule has 43 heavy (non-hydrogen) atoms. The number of allylic oxidation sites excluding steroid dienone is 5. The molecule has 3 aromatic rings. The molecule has 1 aromatic heterocycles. The van der Waals surface area contributed by atoms with Crippen LogP contribution in [-0.4, -0.2) is 47.3 Å². The number of rotatable bonds is 13. The molecule has 0 bridgehead atoms. The van der Waals surface area contributed by atoms with Crippen molar-refractivity contribution in [3.05, 3.63) is 96.6 Å². The number of aromatic nitrogens is 2. The second kappa shape index (κ2) is 12.7. The predicted octanol–water partition coefficient (Wildman–Crippen LogP) is 6.37. The standard InChI is InChI=1S/C35H40N4O4/c1-6-8-9-10-11-13-24(3)39-30(26-15-12-14-25(7-2)18-26)20-32(37-39)36-34(41)35-21-29(35)33(40)38(23-35)22-27-16-17-28(42-4)19-31(27)43-5/h6,8-9,11-20,24,29H,1,7,10,21-23H2,2-5H3,(H,36,37,41)/b9-8-,13-11-. The van der Waals surface area contributed by atoms with Gasteiger partial charge in [-0.1, -0.05) is 62.1 Å². The number of piperidine rings is 1. The molecular weight excluding hydrogens is 540 g/mol. The van der Waals surface area contributed by atoms with Gasteiger partial charge in [0.2, 0.25) is 11.8 Å². The van der Waals surface area contributed by atoms with E-state index in [9.17, 15) is 9.59 Å². The van der Waals surface area contributed by atoms with Gasteiger partial charge in [0.05, 0.1) is 37.3 Å². The third-order valence-electron chi connectivity index (χ3n) is 8.42. The summed E-state index contributed by atoms with van der Waals surface area (Å²) in [5.41, 5.74) is 3.31. The van der Waals surface area contributed by atoms with Crippen LogP contribution in [0.25, 0.3) is 11.3 Å². The van der Waals surface area contributed by atoms with Gasteiger partial charge in [0.15, 0.2) is 5.82 Å². The number of nitrogens with zero attached hydrogens (tertiary/aromatic N) is 3. The van der Waals surface area contributed by atoms with Crippen molar-refractivity contribution >= 4 is 17.6 Å². The summed E-state index contributed by atoms with van der Waals surface area (Å²) in [4.78, 5) is 28.7. The second-order valence-electron chi connectivity index (χ2n) is 11.2. The molecule has 2 aromatic carbocycles. The number of likely N-dealkylation sites (tertiary alicyclic amines) is 1. The first-order chi connectivity index (χ1) is 20.8. The van der Waals surface area contributed by atoms with Crippen molar-refractivity contribution in [2.24, 2.45) is 11.3 Å². The Balaban J connectivity index is 1.35. The minimum Gasteiger partial charge on any atom is -0.497 e. The number of hydrogen-bond acceptors (Lipinski definition) is 5. The number of ether oxygens (including phenoxy) is 2. The summed E-state index contributed by atoms with van der Waals surface area (Å²) < 4.78 is 12.8. The number of hydrogen-bond donors (Lipinski definition) is 1. The van der Waals surface area contributed by atoms with Crippen LogP contribution in [-0.2, 0) is 22.6 Å². The molecule has 2 aliphatic rings. The van der Waals surface area contributed by atoms with E-state index in [4.69, 9.17) is 14.6 Å². The fraction of sp³-hybridized carbons (Fsp3) is 0.343. The van der Waals surface area contributed by atoms with Gasteiger partial charge in [-0.2, -0.15) is 5.10 Å². The average Bonchev–Trinajstić information content (AvgIpc) is 3.50. The van der Waals surface area contributed by atoms with Crippen LogP contribution in [0.3, 0.4) is 0 Å².